The van der Waals surface area contributed by atoms with Crippen LogP contribution in [0.2, 0.25) is 0 Å². The average Bonchev–Trinajstić information content (AvgIpc) is 2.14. The molecule has 3 nitrogen and oxygen atoms in total. The van der Waals surface area contributed by atoms with E-state index >= 15 is 0 Å². The summed E-state index contributed by atoms with van der Waals surface area (Å²) in [4.78, 5) is 33.4. The zero-order valence-electron chi connectivity index (χ0n) is 10.0. The van der Waals surface area contributed by atoms with Crippen LogP contribution >= 0.6 is 0 Å². The van der Waals surface area contributed by atoms with Gasteiger partial charge in [0.05, 0.1) is 6.37 Å². The summed E-state index contributed by atoms with van der Waals surface area (Å²) in [6.45, 7) is 1.14. The molecule has 1 aliphatic rings. The highest BCUT2D eigenvalue weighted by atomic mass is 16.2. The molecule has 3 heteroatoms. The quantitative estimate of drug-likeness (QED) is 0.413. The molecule has 0 radical (unpaired) electrons. The average molecular weight is 158 g/mol. The molecule has 1 atom stereocenters. The Labute approximate surface area is 70.4 Å². The minimum absolute atomic E-state index is 0.206. The van der Waals surface area contributed by atoms with E-state index in [4.69, 9.17) is 5.48 Å². The molecule has 0 aromatic carbocycles. The highest BCUT2D eigenvalue weighted by molar-refractivity contribution is 6.04. The smallest absolute Gasteiger partial charge is 0.141 e. The highest BCUT2D eigenvalue weighted by Crippen LogP contribution is 2.29. The van der Waals surface area contributed by atoms with Crippen LogP contribution in [0.25, 0.3) is 0 Å². The fourth-order valence-electron chi connectivity index (χ4n) is 0.910. The molecule has 60 valence electrons. The molecule has 1 fully saturated rings. The van der Waals surface area contributed by atoms with Crippen molar-refractivity contribution in [2.75, 3.05) is 0 Å². The maximum absolute atomic E-state index is 11.4. The summed E-state index contributed by atoms with van der Waals surface area (Å²) in [6, 6.07) is 0. The van der Waals surface area contributed by atoms with Gasteiger partial charge in [-0.15, -0.1) is 0 Å². The second kappa shape index (κ2) is 2.57. The van der Waals surface area contributed by atoms with Crippen molar-refractivity contribution in [3.8, 4) is 0 Å². The second-order valence-corrected chi connectivity index (χ2v) is 2.71. The SMILES string of the molecule is [2H]C1([2H])C(=O)CC(C)(C=O)C([2H])([2H])C1=O. The van der Waals surface area contributed by atoms with Crippen molar-refractivity contribution in [2.45, 2.75) is 26.1 Å². The van der Waals surface area contributed by atoms with Gasteiger partial charge in [-0.05, 0) is 0 Å². The highest BCUT2D eigenvalue weighted by Gasteiger charge is 2.35. The third-order valence-corrected chi connectivity index (χ3v) is 1.44. The van der Waals surface area contributed by atoms with Gasteiger partial charge in [0.1, 0.15) is 17.9 Å². The first-order chi connectivity index (χ1) is 6.59. The first kappa shape index (κ1) is 4.14. The first-order valence-electron chi connectivity index (χ1n) is 5.14. The second-order valence-electron chi connectivity index (χ2n) is 2.71. The fourth-order valence-corrected chi connectivity index (χ4v) is 0.910. The molecule has 11 heavy (non-hydrogen) atoms. The van der Waals surface area contributed by atoms with Crippen molar-refractivity contribution >= 4 is 17.9 Å². The number of Topliss-reactive ketones (excluding diaryl/α,β-unsaturated/α-hetero) is 2. The van der Waals surface area contributed by atoms with Crippen LogP contribution in [0, 0.1) is 5.41 Å². The minimum Gasteiger partial charge on any atom is -0.303 e. The lowest BCUT2D eigenvalue weighted by molar-refractivity contribution is -0.137. The van der Waals surface area contributed by atoms with Crippen molar-refractivity contribution in [3.05, 3.63) is 0 Å². The number of hydrogen-bond donors (Lipinski definition) is 0. The summed E-state index contributed by atoms with van der Waals surface area (Å²) >= 11 is 0. The molecule has 0 saturated heterocycles. The van der Waals surface area contributed by atoms with Gasteiger partial charge in [-0.2, -0.15) is 0 Å². The Morgan fingerprint density at radius 2 is 2.18 bits per heavy atom. The summed E-state index contributed by atoms with van der Waals surface area (Å²) in [5.41, 5.74) is -1.77. The molecule has 1 rings (SSSR count). The van der Waals surface area contributed by atoms with E-state index in [-0.39, 0.29) is 6.29 Å². The summed E-state index contributed by atoms with van der Waals surface area (Å²) in [7, 11) is 0. The normalized spacial score (nSPS) is 46.6. The summed E-state index contributed by atoms with van der Waals surface area (Å²) in [6.07, 6.45) is -5.86. The molecule has 0 N–H and O–H groups in total. The first-order valence-corrected chi connectivity index (χ1v) is 3.14. The van der Waals surface area contributed by atoms with Crippen molar-refractivity contribution in [1.29, 1.82) is 0 Å². The Bertz CT molecular complexity index is 350. The van der Waals surface area contributed by atoms with Gasteiger partial charge < -0.3 is 4.79 Å². The number of ketones is 2. The van der Waals surface area contributed by atoms with Crippen LogP contribution in [0.5, 0.6) is 0 Å². The van der Waals surface area contributed by atoms with Crippen molar-refractivity contribution in [2.24, 2.45) is 5.41 Å². The molecule has 0 aliphatic heterocycles. The standard InChI is InChI=1S/C8H10O3/c1-8(5-9)3-6(10)2-7(11)4-8/h5H,2-4H2,1H3/i2D2,3D2. The van der Waals surface area contributed by atoms with Crippen LogP contribution in [-0.4, -0.2) is 17.9 Å². The molecule has 0 aromatic heterocycles. The molecule has 1 aliphatic carbocycles. The van der Waals surface area contributed by atoms with E-state index in [1.807, 2.05) is 0 Å². The molecular formula is C8H10O3. The van der Waals surface area contributed by atoms with E-state index in [0.29, 0.717) is 0 Å². The van der Waals surface area contributed by atoms with E-state index in [1.165, 1.54) is 0 Å². The molecule has 0 heterocycles. The van der Waals surface area contributed by atoms with Crippen molar-refractivity contribution in [1.82, 2.24) is 0 Å². The maximum Gasteiger partial charge on any atom is 0.141 e. The Balaban J connectivity index is 3.32. The number of aldehydes is 1. The van der Waals surface area contributed by atoms with Gasteiger partial charge in [0.2, 0.25) is 0 Å². The van der Waals surface area contributed by atoms with E-state index in [2.05, 4.69) is 0 Å². The van der Waals surface area contributed by atoms with E-state index in [9.17, 15) is 14.4 Å². The zero-order valence-corrected chi connectivity index (χ0v) is 6.01. The number of carbonyl (C=O) groups is 3. The van der Waals surface area contributed by atoms with Crippen LogP contribution in [-0.2, 0) is 14.4 Å². The van der Waals surface area contributed by atoms with Gasteiger partial charge in [0.25, 0.3) is 0 Å². The topological polar surface area (TPSA) is 51.2 Å². The van der Waals surface area contributed by atoms with Crippen molar-refractivity contribution < 1.29 is 19.9 Å². The number of rotatable bonds is 1. The summed E-state index contributed by atoms with van der Waals surface area (Å²) in [5.74, 6) is -2.52. The Morgan fingerprint density at radius 1 is 1.55 bits per heavy atom. The Kier molecular flexibility index (Phi) is 0.966. The van der Waals surface area contributed by atoms with E-state index in [0.717, 1.165) is 6.92 Å². The Morgan fingerprint density at radius 3 is 2.73 bits per heavy atom. The predicted molar refractivity (Wildman–Crippen MR) is 38.0 cm³/mol. The van der Waals surface area contributed by atoms with Gasteiger partial charge in [0, 0.05) is 23.7 Å². The lowest BCUT2D eigenvalue weighted by Gasteiger charge is -2.25. The summed E-state index contributed by atoms with van der Waals surface area (Å²) in [5, 5.41) is 0. The molecular weight excluding hydrogens is 144 g/mol. The lowest BCUT2D eigenvalue weighted by atomic mass is 9.76. The van der Waals surface area contributed by atoms with Crippen LogP contribution in [0.1, 0.15) is 31.6 Å². The molecule has 0 spiro atoms. The minimum atomic E-state index is -2.83. The monoisotopic (exact) mass is 158 g/mol. The predicted octanol–water partition coefficient (Wildman–Crippen LogP) is 0.514. The van der Waals surface area contributed by atoms with Crippen molar-refractivity contribution in [3.63, 3.8) is 0 Å². The molecule has 0 bridgehead atoms. The van der Waals surface area contributed by atoms with Crippen LogP contribution in [0.4, 0.5) is 0 Å². The third-order valence-electron chi connectivity index (χ3n) is 1.44. The Hall–Kier alpha value is -0.990. The van der Waals surface area contributed by atoms with E-state index in [1.54, 1.807) is 0 Å². The maximum atomic E-state index is 11.4. The molecule has 0 amide bonds. The number of carbonyl (C=O) groups excluding carboxylic acids is 3. The lowest BCUT2D eigenvalue weighted by Crippen LogP contribution is -2.32. The molecule has 1 saturated carbocycles. The zero-order chi connectivity index (χ0) is 12.1. The van der Waals surface area contributed by atoms with Gasteiger partial charge in [-0.25, -0.2) is 0 Å². The summed E-state index contributed by atoms with van der Waals surface area (Å²) < 4.78 is 29.2. The van der Waals surface area contributed by atoms with Crippen LogP contribution in [0.3, 0.4) is 0 Å². The van der Waals surface area contributed by atoms with Crippen LogP contribution in [0.15, 0.2) is 0 Å². The van der Waals surface area contributed by atoms with Gasteiger partial charge in [-0.3, -0.25) is 9.59 Å². The molecule has 1 unspecified atom stereocenters. The number of hydrogen-bond acceptors (Lipinski definition) is 3. The molecule has 0 aromatic rings. The van der Waals surface area contributed by atoms with Gasteiger partial charge >= 0.3 is 0 Å². The van der Waals surface area contributed by atoms with Gasteiger partial charge in [0.15, 0.2) is 0 Å². The van der Waals surface area contributed by atoms with Gasteiger partial charge in [-0.1, -0.05) is 6.92 Å². The fraction of sp³-hybridized carbons (Fsp3) is 0.625. The third kappa shape index (κ3) is 1.73. The van der Waals surface area contributed by atoms with E-state index < -0.39 is 36.1 Å². The van der Waals surface area contributed by atoms with Crippen LogP contribution < -0.4 is 0 Å². The largest absolute Gasteiger partial charge is 0.303 e.